The van der Waals surface area contributed by atoms with Crippen molar-refractivity contribution in [2.45, 2.75) is 39.5 Å². The molecular formula is C22H26N2O4S. The molecule has 0 aliphatic heterocycles. The molecule has 0 fully saturated rings. The summed E-state index contributed by atoms with van der Waals surface area (Å²) in [5.41, 5.74) is 1.76. The number of aryl methyl sites for hydroxylation is 2. The summed E-state index contributed by atoms with van der Waals surface area (Å²) < 4.78 is 0. The number of thiophene rings is 1. The van der Waals surface area contributed by atoms with Gasteiger partial charge in [-0.2, -0.15) is 0 Å². The van der Waals surface area contributed by atoms with E-state index in [1.807, 2.05) is 32.0 Å². The van der Waals surface area contributed by atoms with Gasteiger partial charge in [0.25, 0.3) is 0 Å². The van der Waals surface area contributed by atoms with E-state index in [2.05, 4.69) is 5.32 Å². The van der Waals surface area contributed by atoms with Gasteiger partial charge in [0, 0.05) is 43.3 Å². The Morgan fingerprint density at radius 1 is 0.897 bits per heavy atom. The van der Waals surface area contributed by atoms with Crippen LogP contribution < -0.4 is 5.32 Å². The van der Waals surface area contributed by atoms with E-state index < -0.39 is 0 Å². The average Bonchev–Trinajstić information content (AvgIpc) is 3.12. The predicted molar refractivity (Wildman–Crippen MR) is 114 cm³/mol. The minimum Gasteiger partial charge on any atom is -0.336 e. The summed E-state index contributed by atoms with van der Waals surface area (Å²) in [6, 6.07) is 11.0. The summed E-state index contributed by atoms with van der Waals surface area (Å²) in [7, 11) is 1.53. The minimum atomic E-state index is -0.298. The summed E-state index contributed by atoms with van der Waals surface area (Å²) in [6.07, 6.45) is 0.376. The SMILES string of the molecule is Cc1ccc(NC(=O)CN(C)C(=O)CCC(=O)CCC(=O)c2ccc(C)s2)cc1. The second-order valence-corrected chi connectivity index (χ2v) is 8.32. The molecule has 7 heteroatoms. The summed E-state index contributed by atoms with van der Waals surface area (Å²) in [5.74, 6) is -0.754. The van der Waals surface area contributed by atoms with E-state index in [1.165, 1.54) is 23.3 Å². The van der Waals surface area contributed by atoms with E-state index in [0.29, 0.717) is 10.6 Å². The zero-order valence-electron chi connectivity index (χ0n) is 17.0. The summed E-state index contributed by atoms with van der Waals surface area (Å²) in [6.45, 7) is 3.80. The molecule has 1 aromatic heterocycles. The van der Waals surface area contributed by atoms with Crippen LogP contribution in [0.25, 0.3) is 0 Å². The molecule has 0 saturated carbocycles. The molecule has 0 unspecified atom stereocenters. The molecular weight excluding hydrogens is 388 g/mol. The molecule has 0 aliphatic carbocycles. The van der Waals surface area contributed by atoms with Crippen molar-refractivity contribution in [2.75, 3.05) is 18.9 Å². The molecule has 0 bridgehead atoms. The van der Waals surface area contributed by atoms with Crippen LogP contribution >= 0.6 is 11.3 Å². The number of benzene rings is 1. The van der Waals surface area contributed by atoms with Crippen molar-refractivity contribution >= 4 is 40.4 Å². The number of rotatable bonds is 10. The van der Waals surface area contributed by atoms with Gasteiger partial charge in [-0.3, -0.25) is 19.2 Å². The number of nitrogens with one attached hydrogen (secondary N) is 1. The number of amides is 2. The molecule has 154 valence electrons. The van der Waals surface area contributed by atoms with Gasteiger partial charge in [-0.15, -0.1) is 11.3 Å². The van der Waals surface area contributed by atoms with Crippen LogP contribution in [0, 0.1) is 13.8 Å². The third kappa shape index (κ3) is 7.62. The molecule has 2 rings (SSSR count). The van der Waals surface area contributed by atoms with Gasteiger partial charge in [-0.05, 0) is 38.1 Å². The smallest absolute Gasteiger partial charge is 0.243 e. The predicted octanol–water partition coefficient (Wildman–Crippen LogP) is 3.77. The maximum atomic E-state index is 12.2. The molecule has 29 heavy (non-hydrogen) atoms. The highest BCUT2D eigenvalue weighted by atomic mass is 32.1. The van der Waals surface area contributed by atoms with E-state index in [-0.39, 0.29) is 55.6 Å². The van der Waals surface area contributed by atoms with Crippen LogP contribution in [-0.4, -0.2) is 41.9 Å². The molecule has 0 atom stereocenters. The van der Waals surface area contributed by atoms with Crippen LogP contribution in [-0.2, 0) is 14.4 Å². The van der Waals surface area contributed by atoms with E-state index in [1.54, 1.807) is 18.2 Å². The number of hydrogen-bond donors (Lipinski definition) is 1. The zero-order chi connectivity index (χ0) is 21.4. The maximum absolute atomic E-state index is 12.2. The first-order valence-electron chi connectivity index (χ1n) is 9.46. The molecule has 0 aliphatic rings. The number of hydrogen-bond acceptors (Lipinski definition) is 5. The number of likely N-dealkylation sites (N-methyl/N-ethyl adjacent to an activating group) is 1. The lowest BCUT2D eigenvalue weighted by Crippen LogP contribution is -2.35. The van der Waals surface area contributed by atoms with E-state index >= 15 is 0 Å². The Hall–Kier alpha value is -2.80. The first-order valence-corrected chi connectivity index (χ1v) is 10.3. The van der Waals surface area contributed by atoms with Crippen molar-refractivity contribution in [1.29, 1.82) is 0 Å². The van der Waals surface area contributed by atoms with Gasteiger partial charge in [0.2, 0.25) is 11.8 Å². The molecule has 1 heterocycles. The number of Topliss-reactive ketones (excluding diaryl/α,β-unsaturated/α-hetero) is 2. The van der Waals surface area contributed by atoms with Gasteiger partial charge in [0.15, 0.2) is 5.78 Å². The van der Waals surface area contributed by atoms with Gasteiger partial charge in [0.1, 0.15) is 5.78 Å². The standard InChI is InChI=1S/C22H26N2O4S/c1-15-4-7-17(8-5-15)23-21(27)14-24(3)22(28)13-10-18(25)9-11-19(26)20-12-6-16(2)29-20/h4-8,12H,9-11,13-14H2,1-3H3,(H,23,27). The fourth-order valence-electron chi connectivity index (χ4n) is 2.66. The Morgan fingerprint density at radius 3 is 2.17 bits per heavy atom. The highest BCUT2D eigenvalue weighted by Crippen LogP contribution is 2.18. The Balaban J connectivity index is 1.69. The van der Waals surface area contributed by atoms with Gasteiger partial charge < -0.3 is 10.2 Å². The quantitative estimate of drug-likeness (QED) is 0.600. The molecule has 0 radical (unpaired) electrons. The first-order chi connectivity index (χ1) is 13.7. The minimum absolute atomic E-state index is 0.0272. The van der Waals surface area contributed by atoms with Crippen molar-refractivity contribution < 1.29 is 19.2 Å². The summed E-state index contributed by atoms with van der Waals surface area (Å²) in [4.78, 5) is 51.3. The van der Waals surface area contributed by atoms with Crippen molar-refractivity contribution in [2.24, 2.45) is 0 Å². The Morgan fingerprint density at radius 2 is 1.55 bits per heavy atom. The van der Waals surface area contributed by atoms with Crippen LogP contribution in [0.3, 0.4) is 0 Å². The topological polar surface area (TPSA) is 83.6 Å². The van der Waals surface area contributed by atoms with Gasteiger partial charge >= 0.3 is 0 Å². The third-order valence-corrected chi connectivity index (χ3v) is 5.45. The average molecular weight is 415 g/mol. The van der Waals surface area contributed by atoms with Gasteiger partial charge in [-0.1, -0.05) is 17.7 Å². The second-order valence-electron chi connectivity index (χ2n) is 7.04. The van der Waals surface area contributed by atoms with Crippen molar-refractivity contribution in [3.8, 4) is 0 Å². The highest BCUT2D eigenvalue weighted by Gasteiger charge is 2.16. The van der Waals surface area contributed by atoms with E-state index in [4.69, 9.17) is 0 Å². The summed E-state index contributed by atoms with van der Waals surface area (Å²) in [5, 5.41) is 2.73. The lowest BCUT2D eigenvalue weighted by atomic mass is 10.1. The van der Waals surface area contributed by atoms with Gasteiger partial charge in [-0.25, -0.2) is 0 Å². The maximum Gasteiger partial charge on any atom is 0.243 e. The fourth-order valence-corrected chi connectivity index (χ4v) is 3.50. The van der Waals surface area contributed by atoms with Crippen LogP contribution in [0.5, 0.6) is 0 Å². The van der Waals surface area contributed by atoms with E-state index in [0.717, 1.165) is 10.4 Å². The number of carbonyl (C=O) groups is 4. The first kappa shape index (κ1) is 22.5. The highest BCUT2D eigenvalue weighted by molar-refractivity contribution is 7.14. The van der Waals surface area contributed by atoms with Crippen molar-refractivity contribution in [1.82, 2.24) is 4.90 Å². The Bertz CT molecular complexity index is 886. The lowest BCUT2D eigenvalue weighted by molar-refractivity contribution is -0.134. The van der Waals surface area contributed by atoms with Crippen LogP contribution in [0.2, 0.25) is 0 Å². The monoisotopic (exact) mass is 414 g/mol. The largest absolute Gasteiger partial charge is 0.336 e. The number of nitrogens with zero attached hydrogens (tertiary/aromatic N) is 1. The summed E-state index contributed by atoms with van der Waals surface area (Å²) >= 11 is 1.42. The molecule has 2 amide bonds. The van der Waals surface area contributed by atoms with Gasteiger partial charge in [0.05, 0.1) is 11.4 Å². The normalized spacial score (nSPS) is 10.4. The van der Waals surface area contributed by atoms with E-state index in [9.17, 15) is 19.2 Å². The number of ketones is 2. The number of carbonyl (C=O) groups excluding carboxylic acids is 4. The molecule has 6 nitrogen and oxygen atoms in total. The Labute approximate surface area is 174 Å². The van der Waals surface area contributed by atoms with Crippen LogP contribution in [0.4, 0.5) is 5.69 Å². The number of anilines is 1. The fraction of sp³-hybridized carbons (Fsp3) is 0.364. The lowest BCUT2D eigenvalue weighted by Gasteiger charge is -2.16. The van der Waals surface area contributed by atoms with Crippen molar-refractivity contribution in [3.63, 3.8) is 0 Å². The molecule has 2 aromatic rings. The molecule has 1 aromatic carbocycles. The molecule has 1 N–H and O–H groups in total. The third-order valence-electron chi connectivity index (χ3n) is 4.41. The second kappa shape index (κ2) is 10.7. The Kier molecular flexibility index (Phi) is 8.27. The zero-order valence-corrected chi connectivity index (χ0v) is 17.8. The molecule has 0 saturated heterocycles. The van der Waals surface area contributed by atoms with Crippen molar-refractivity contribution in [3.05, 3.63) is 51.7 Å². The molecule has 0 spiro atoms. The van der Waals surface area contributed by atoms with Crippen LogP contribution in [0.1, 0.15) is 45.8 Å². The van der Waals surface area contributed by atoms with Crippen LogP contribution in [0.15, 0.2) is 36.4 Å².